The van der Waals surface area contributed by atoms with E-state index in [1.807, 2.05) is 71.8 Å². The summed E-state index contributed by atoms with van der Waals surface area (Å²) in [7, 11) is 0. The standard InChI is InChI=1S/C48H55N7O5/c56-44(35-19-20-35)52-41(33-9-3-1-4-10-33)47(59)54-27-7-13-39(54)43-49-29-38(51-43)32-17-15-30(16-18-32)31-23-25-37(26-24-31)50-46(58)40-14-8-28-55(40)48(60)42(34-11-5-2-6-12-34)53-45(57)36-21-22-36/h1-6,9-12,15-18,29,31,35-37,39-42H,7-8,13-14,19-28H2,(H,49,51)(H,50,58)(H,52,56)(H,53,57)/t31?,37?,39-,40-,41+,42+/m0/s1. The van der Waals surface area contributed by atoms with Gasteiger partial charge in [0.05, 0.1) is 17.9 Å². The van der Waals surface area contributed by atoms with E-state index < -0.39 is 18.1 Å². The Morgan fingerprint density at radius 3 is 1.73 bits per heavy atom. The molecule has 3 saturated carbocycles. The van der Waals surface area contributed by atoms with Crippen LogP contribution in [0, 0.1) is 11.8 Å². The number of carbonyl (C=O) groups excluding carboxylic acids is 5. The second-order valence-electron chi connectivity index (χ2n) is 17.5. The van der Waals surface area contributed by atoms with E-state index >= 15 is 0 Å². The van der Waals surface area contributed by atoms with Gasteiger partial charge in [-0.25, -0.2) is 4.98 Å². The van der Waals surface area contributed by atoms with Gasteiger partial charge in [0.15, 0.2) is 0 Å². The van der Waals surface area contributed by atoms with Crippen molar-refractivity contribution in [2.75, 3.05) is 13.1 Å². The average molecular weight is 810 g/mol. The summed E-state index contributed by atoms with van der Waals surface area (Å²) in [6.45, 7) is 1.11. The van der Waals surface area contributed by atoms with Crippen LogP contribution in [-0.2, 0) is 24.0 Å². The molecule has 5 aliphatic rings. The molecule has 4 atom stereocenters. The number of rotatable bonds is 13. The predicted molar refractivity (Wildman–Crippen MR) is 226 cm³/mol. The molecule has 0 unspecified atom stereocenters. The fraction of sp³-hybridized carbons (Fsp3) is 0.458. The zero-order valence-electron chi connectivity index (χ0n) is 34.1. The van der Waals surface area contributed by atoms with Gasteiger partial charge in [-0.2, -0.15) is 0 Å². The lowest BCUT2D eigenvalue weighted by Gasteiger charge is -2.32. The molecule has 0 radical (unpaired) electrons. The second kappa shape index (κ2) is 17.4. The summed E-state index contributed by atoms with van der Waals surface area (Å²) in [5.74, 6) is 0.538. The first kappa shape index (κ1) is 39.7. The summed E-state index contributed by atoms with van der Waals surface area (Å²) in [4.78, 5) is 79.2. The van der Waals surface area contributed by atoms with Crippen molar-refractivity contribution in [2.45, 2.75) is 113 Å². The minimum atomic E-state index is -0.802. The van der Waals surface area contributed by atoms with Crippen LogP contribution in [0.15, 0.2) is 91.1 Å². The molecule has 5 amide bonds. The van der Waals surface area contributed by atoms with Crippen LogP contribution in [0.3, 0.4) is 0 Å². The summed E-state index contributed by atoms with van der Waals surface area (Å²) < 4.78 is 0. The Kier molecular flexibility index (Phi) is 11.5. The van der Waals surface area contributed by atoms with E-state index in [-0.39, 0.29) is 53.5 Å². The molecule has 5 fully saturated rings. The van der Waals surface area contributed by atoms with Crippen molar-refractivity contribution in [3.8, 4) is 11.3 Å². The van der Waals surface area contributed by atoms with Gasteiger partial charge >= 0.3 is 0 Å². The molecule has 12 nitrogen and oxygen atoms in total. The quantitative estimate of drug-likeness (QED) is 0.122. The van der Waals surface area contributed by atoms with Crippen LogP contribution in [-0.4, -0.2) is 74.5 Å². The molecule has 60 heavy (non-hydrogen) atoms. The number of H-pyrrole nitrogens is 1. The summed E-state index contributed by atoms with van der Waals surface area (Å²) in [6, 6.07) is 25.2. The Labute approximate surface area is 351 Å². The number of imidazole rings is 1. The molecule has 312 valence electrons. The van der Waals surface area contributed by atoms with E-state index in [9.17, 15) is 24.0 Å². The zero-order valence-corrected chi connectivity index (χ0v) is 34.1. The first-order chi connectivity index (χ1) is 29.3. The van der Waals surface area contributed by atoms with E-state index in [4.69, 9.17) is 4.98 Å². The molecule has 3 aromatic carbocycles. The molecule has 3 aliphatic carbocycles. The Hall–Kier alpha value is -5.78. The summed E-state index contributed by atoms with van der Waals surface area (Å²) in [5.41, 5.74) is 4.70. The fourth-order valence-electron chi connectivity index (χ4n) is 9.48. The van der Waals surface area contributed by atoms with E-state index in [1.165, 1.54) is 5.56 Å². The number of hydrogen-bond donors (Lipinski definition) is 4. The molecule has 9 rings (SSSR count). The van der Waals surface area contributed by atoms with Crippen molar-refractivity contribution in [3.05, 3.63) is 114 Å². The largest absolute Gasteiger partial charge is 0.352 e. The molecular weight excluding hydrogens is 755 g/mol. The second-order valence-corrected chi connectivity index (χ2v) is 17.5. The Morgan fingerprint density at radius 2 is 1.15 bits per heavy atom. The molecule has 2 aliphatic heterocycles. The number of aromatic nitrogens is 2. The minimum absolute atomic E-state index is 0.00182. The monoisotopic (exact) mass is 809 g/mol. The van der Waals surface area contributed by atoms with Gasteiger partial charge in [-0.15, -0.1) is 0 Å². The Bertz CT molecular complexity index is 2180. The number of hydrogen-bond acceptors (Lipinski definition) is 6. The molecule has 3 heterocycles. The molecule has 12 heteroatoms. The molecular formula is C48H55N7O5. The molecule has 1 aromatic heterocycles. The lowest BCUT2D eigenvalue weighted by molar-refractivity contribution is -0.142. The number of aromatic amines is 1. The fourth-order valence-corrected chi connectivity index (χ4v) is 9.48. The van der Waals surface area contributed by atoms with Crippen LogP contribution in [0.5, 0.6) is 0 Å². The van der Waals surface area contributed by atoms with Crippen LogP contribution in [0.4, 0.5) is 0 Å². The maximum atomic E-state index is 14.1. The number of nitrogens with zero attached hydrogens (tertiary/aromatic N) is 3. The van der Waals surface area contributed by atoms with Crippen LogP contribution in [0.2, 0.25) is 0 Å². The number of carbonyl (C=O) groups is 5. The van der Waals surface area contributed by atoms with Crippen molar-refractivity contribution in [3.63, 3.8) is 0 Å². The average Bonchev–Trinajstić information content (AvgIpc) is 4.16. The number of likely N-dealkylation sites (tertiary alicyclic amines) is 2. The third-order valence-electron chi connectivity index (χ3n) is 13.3. The van der Waals surface area contributed by atoms with Crippen LogP contribution in [0.25, 0.3) is 11.3 Å². The Morgan fingerprint density at radius 1 is 0.600 bits per heavy atom. The van der Waals surface area contributed by atoms with E-state index in [0.29, 0.717) is 25.4 Å². The van der Waals surface area contributed by atoms with E-state index in [2.05, 4.69) is 45.2 Å². The first-order valence-electron chi connectivity index (χ1n) is 22.1. The first-order valence-corrected chi connectivity index (χ1v) is 22.1. The van der Waals surface area contributed by atoms with Gasteiger partial charge in [-0.3, -0.25) is 24.0 Å². The van der Waals surface area contributed by atoms with Gasteiger partial charge in [-0.05, 0) is 105 Å². The summed E-state index contributed by atoms with van der Waals surface area (Å²) >= 11 is 0. The van der Waals surface area contributed by atoms with Crippen LogP contribution in [0.1, 0.15) is 124 Å². The van der Waals surface area contributed by atoms with E-state index in [1.54, 1.807) is 4.90 Å². The third-order valence-corrected chi connectivity index (χ3v) is 13.3. The molecule has 0 spiro atoms. The lowest BCUT2D eigenvalue weighted by atomic mass is 9.81. The SMILES string of the molecule is O=C(N[C@@H](C(=O)N1CCC[C@H]1C(=O)NC1CCC(c2ccc(-c3cnc([C@@H]4CCCN4C(=O)[C@H](NC(=O)C4CC4)c4ccccc4)[nH]3)cc2)CC1)c1ccccc1)C1CC1. The van der Waals surface area contributed by atoms with Crippen molar-refractivity contribution in [1.82, 2.24) is 35.7 Å². The van der Waals surface area contributed by atoms with Gasteiger partial charge < -0.3 is 30.7 Å². The topological polar surface area (TPSA) is 157 Å². The van der Waals surface area contributed by atoms with E-state index in [0.717, 1.165) is 98.8 Å². The molecule has 2 saturated heterocycles. The normalized spacial score (nSPS) is 23.7. The highest BCUT2D eigenvalue weighted by atomic mass is 16.2. The number of nitrogens with one attached hydrogen (secondary N) is 4. The molecule has 0 bridgehead atoms. The van der Waals surface area contributed by atoms with Crippen molar-refractivity contribution in [2.24, 2.45) is 11.8 Å². The van der Waals surface area contributed by atoms with Crippen LogP contribution < -0.4 is 16.0 Å². The summed E-state index contributed by atoms with van der Waals surface area (Å²) in [5, 5.41) is 9.33. The predicted octanol–water partition coefficient (Wildman–Crippen LogP) is 6.41. The van der Waals surface area contributed by atoms with Crippen molar-refractivity contribution in [1.29, 1.82) is 0 Å². The van der Waals surface area contributed by atoms with Crippen molar-refractivity contribution >= 4 is 29.5 Å². The van der Waals surface area contributed by atoms with Gasteiger partial charge in [0.2, 0.25) is 29.5 Å². The van der Waals surface area contributed by atoms with Gasteiger partial charge in [0.1, 0.15) is 23.9 Å². The van der Waals surface area contributed by atoms with Crippen LogP contribution >= 0.6 is 0 Å². The lowest BCUT2D eigenvalue weighted by Crippen LogP contribution is -2.52. The van der Waals surface area contributed by atoms with Gasteiger partial charge in [0, 0.05) is 31.0 Å². The Balaban J connectivity index is 0.789. The summed E-state index contributed by atoms with van der Waals surface area (Å²) in [6.07, 6.45) is 11.9. The highest BCUT2D eigenvalue weighted by Crippen LogP contribution is 2.37. The number of amides is 5. The smallest absolute Gasteiger partial charge is 0.250 e. The minimum Gasteiger partial charge on any atom is -0.352 e. The number of benzene rings is 3. The zero-order chi connectivity index (χ0) is 41.2. The molecule has 4 N–H and O–H groups in total. The van der Waals surface area contributed by atoms with Crippen molar-refractivity contribution < 1.29 is 24.0 Å². The highest BCUT2D eigenvalue weighted by molar-refractivity contribution is 5.94. The van der Waals surface area contributed by atoms with Gasteiger partial charge in [0.25, 0.3) is 0 Å². The maximum Gasteiger partial charge on any atom is 0.250 e. The third kappa shape index (κ3) is 8.74. The van der Waals surface area contributed by atoms with Gasteiger partial charge in [-0.1, -0.05) is 84.9 Å². The molecule has 4 aromatic rings. The maximum absolute atomic E-state index is 14.1. The highest BCUT2D eigenvalue weighted by Gasteiger charge is 2.42.